The summed E-state index contributed by atoms with van der Waals surface area (Å²) in [4.78, 5) is 38.0. The highest BCUT2D eigenvalue weighted by atomic mass is 32.1. The summed E-state index contributed by atoms with van der Waals surface area (Å²) in [5.41, 5.74) is 9.18. The lowest BCUT2D eigenvalue weighted by Crippen LogP contribution is -2.36. The lowest BCUT2D eigenvalue weighted by molar-refractivity contribution is -0.146. The van der Waals surface area contributed by atoms with Crippen LogP contribution in [0, 0.1) is 23.7 Å². The molecule has 1 fully saturated rings. The number of carbonyl (C=O) groups excluding carboxylic acids is 2. The maximum atomic E-state index is 13.1. The van der Waals surface area contributed by atoms with Crippen LogP contribution in [0.2, 0.25) is 0 Å². The first-order chi connectivity index (χ1) is 14.0. The third-order valence-corrected chi connectivity index (χ3v) is 7.62. The van der Waals surface area contributed by atoms with Gasteiger partial charge < -0.3 is 16.2 Å². The molecule has 6 nitrogen and oxygen atoms in total. The fraction of sp³-hybridized carbons (Fsp3) is 0.318. The van der Waals surface area contributed by atoms with Gasteiger partial charge in [0, 0.05) is 4.88 Å². The van der Waals surface area contributed by atoms with Crippen molar-refractivity contribution in [3.8, 4) is 10.4 Å². The summed E-state index contributed by atoms with van der Waals surface area (Å²) in [5, 5.41) is 12.9. The van der Waals surface area contributed by atoms with Gasteiger partial charge in [0.15, 0.2) is 0 Å². The summed E-state index contributed by atoms with van der Waals surface area (Å²) in [5.74, 6) is -3.40. The molecule has 2 bridgehead atoms. The number of primary amides is 1. The third kappa shape index (κ3) is 2.72. The van der Waals surface area contributed by atoms with Crippen LogP contribution in [0.5, 0.6) is 0 Å². The van der Waals surface area contributed by atoms with Gasteiger partial charge in [0.05, 0.1) is 17.4 Å². The number of carboxylic acids is 1. The number of amides is 2. The van der Waals surface area contributed by atoms with Gasteiger partial charge in [-0.15, -0.1) is 11.3 Å². The second kappa shape index (κ2) is 6.56. The molecule has 0 aliphatic heterocycles. The van der Waals surface area contributed by atoms with Gasteiger partial charge in [0.25, 0.3) is 5.91 Å². The third-order valence-electron chi connectivity index (χ3n) is 6.44. The van der Waals surface area contributed by atoms with Gasteiger partial charge in [-0.3, -0.25) is 14.4 Å². The number of nitrogens with one attached hydrogen (secondary N) is 1. The normalized spacial score (nSPS) is 26.1. The van der Waals surface area contributed by atoms with Crippen LogP contribution in [0.15, 0.2) is 36.4 Å². The summed E-state index contributed by atoms with van der Waals surface area (Å²) < 4.78 is 0. The SMILES string of the molecule is NC(=O)c1c(NC(=O)[C@H]2[C@@H](C(=O)O)[C@H]3C=C[C@H]2C3)sc2c1CCc1ccccc1-2. The van der Waals surface area contributed by atoms with Crippen molar-refractivity contribution in [2.75, 3.05) is 5.32 Å². The molecule has 148 valence electrons. The summed E-state index contributed by atoms with van der Waals surface area (Å²) in [6.07, 6.45) is 6.03. The van der Waals surface area contributed by atoms with Gasteiger partial charge in [-0.2, -0.15) is 0 Å². The van der Waals surface area contributed by atoms with Crippen LogP contribution >= 0.6 is 11.3 Å². The lowest BCUT2D eigenvalue weighted by atomic mass is 9.82. The van der Waals surface area contributed by atoms with Crippen LogP contribution in [0.3, 0.4) is 0 Å². The molecule has 1 aromatic heterocycles. The number of thiophene rings is 1. The average Bonchev–Trinajstić information content (AvgIpc) is 3.39. The number of hydrogen-bond donors (Lipinski definition) is 3. The van der Waals surface area contributed by atoms with E-state index in [1.165, 1.54) is 16.9 Å². The summed E-state index contributed by atoms with van der Waals surface area (Å²) in [6, 6.07) is 8.03. The molecule has 4 atom stereocenters. The van der Waals surface area contributed by atoms with Crippen LogP contribution < -0.4 is 11.1 Å². The molecule has 1 heterocycles. The van der Waals surface area contributed by atoms with Gasteiger partial charge in [-0.05, 0) is 47.8 Å². The van der Waals surface area contributed by atoms with E-state index in [2.05, 4.69) is 11.4 Å². The van der Waals surface area contributed by atoms with E-state index in [1.807, 2.05) is 30.4 Å². The van der Waals surface area contributed by atoms with Gasteiger partial charge in [0.2, 0.25) is 5.91 Å². The Kier molecular flexibility index (Phi) is 4.10. The molecular formula is C22H20N2O4S. The van der Waals surface area contributed by atoms with Gasteiger partial charge in [0.1, 0.15) is 5.00 Å². The number of carboxylic acid groups (broad SMARTS) is 1. The molecular weight excluding hydrogens is 388 g/mol. The number of nitrogens with two attached hydrogens (primary N) is 1. The van der Waals surface area contributed by atoms with E-state index >= 15 is 0 Å². The number of carbonyl (C=O) groups is 3. The van der Waals surface area contributed by atoms with E-state index in [1.54, 1.807) is 0 Å². The number of hydrogen-bond acceptors (Lipinski definition) is 4. The van der Waals surface area contributed by atoms with Crippen molar-refractivity contribution in [3.63, 3.8) is 0 Å². The molecule has 3 aliphatic rings. The largest absolute Gasteiger partial charge is 0.481 e. The highest BCUT2D eigenvalue weighted by molar-refractivity contribution is 7.20. The smallest absolute Gasteiger partial charge is 0.307 e. The first kappa shape index (κ1) is 18.1. The number of fused-ring (bicyclic) bond motifs is 5. The van der Waals surface area contributed by atoms with Crippen LogP contribution in [0.1, 0.15) is 27.9 Å². The Morgan fingerprint density at radius 1 is 1.07 bits per heavy atom. The van der Waals surface area contributed by atoms with E-state index < -0.39 is 23.7 Å². The number of aliphatic carboxylic acids is 1. The van der Waals surface area contributed by atoms with Crippen molar-refractivity contribution >= 4 is 34.1 Å². The predicted molar refractivity (Wildman–Crippen MR) is 110 cm³/mol. The Morgan fingerprint density at radius 3 is 2.52 bits per heavy atom. The molecule has 1 aromatic carbocycles. The predicted octanol–water partition coefficient (Wildman–Crippen LogP) is 3.07. The topological polar surface area (TPSA) is 109 Å². The molecule has 29 heavy (non-hydrogen) atoms. The van der Waals surface area contributed by atoms with Gasteiger partial charge in [-0.25, -0.2) is 0 Å². The Hall–Kier alpha value is -2.93. The minimum Gasteiger partial charge on any atom is -0.481 e. The molecule has 3 aliphatic carbocycles. The van der Waals surface area contributed by atoms with Crippen molar-refractivity contribution < 1.29 is 19.5 Å². The second-order valence-electron chi connectivity index (χ2n) is 7.96. The zero-order valence-electron chi connectivity index (χ0n) is 15.6. The molecule has 2 aromatic rings. The summed E-state index contributed by atoms with van der Waals surface area (Å²) in [7, 11) is 0. The molecule has 0 spiro atoms. The molecule has 7 heteroatoms. The quantitative estimate of drug-likeness (QED) is 0.675. The zero-order valence-corrected chi connectivity index (χ0v) is 16.4. The minimum atomic E-state index is -0.948. The molecule has 2 amide bonds. The van der Waals surface area contributed by atoms with E-state index in [9.17, 15) is 19.5 Å². The van der Waals surface area contributed by atoms with Crippen LogP contribution in [0.25, 0.3) is 10.4 Å². The standard InChI is InChI=1S/C22H20N2O4S/c23-19(25)17-14-8-7-10-3-1-2-4-13(10)18(14)29-21(17)24-20(26)15-11-5-6-12(9-11)16(15)22(27)28/h1-6,11-12,15-16H,7-9H2,(H2,23,25)(H,24,26)(H,27,28)/t11-,12-,15+,16-/m0/s1. The van der Waals surface area contributed by atoms with Crippen molar-refractivity contribution in [3.05, 3.63) is 53.1 Å². The Morgan fingerprint density at radius 2 is 1.79 bits per heavy atom. The molecule has 1 saturated carbocycles. The van der Waals surface area contributed by atoms with Crippen LogP contribution in [0.4, 0.5) is 5.00 Å². The van der Waals surface area contributed by atoms with E-state index in [-0.39, 0.29) is 17.7 Å². The maximum Gasteiger partial charge on any atom is 0.307 e. The number of benzene rings is 1. The second-order valence-corrected chi connectivity index (χ2v) is 8.98. The fourth-order valence-electron chi connectivity index (χ4n) is 5.20. The van der Waals surface area contributed by atoms with Crippen LogP contribution in [-0.4, -0.2) is 22.9 Å². The maximum absolute atomic E-state index is 13.1. The number of anilines is 1. The minimum absolute atomic E-state index is 0.0755. The zero-order chi connectivity index (χ0) is 20.3. The van der Waals surface area contributed by atoms with Crippen molar-refractivity contribution in [2.24, 2.45) is 29.4 Å². The summed E-state index contributed by atoms with van der Waals surface area (Å²) in [6.45, 7) is 0. The highest BCUT2D eigenvalue weighted by Gasteiger charge is 2.51. The number of aryl methyl sites for hydroxylation is 1. The average molecular weight is 408 g/mol. The van der Waals surface area contributed by atoms with Crippen LogP contribution in [-0.2, 0) is 22.4 Å². The van der Waals surface area contributed by atoms with Gasteiger partial charge >= 0.3 is 5.97 Å². The lowest BCUT2D eigenvalue weighted by Gasteiger charge is -2.23. The molecule has 0 radical (unpaired) electrons. The van der Waals surface area contributed by atoms with Crippen molar-refractivity contribution in [1.29, 1.82) is 0 Å². The highest BCUT2D eigenvalue weighted by Crippen LogP contribution is 2.50. The van der Waals surface area contributed by atoms with E-state index in [4.69, 9.17) is 5.73 Å². The molecule has 0 unspecified atom stereocenters. The Bertz CT molecular complexity index is 1090. The fourth-order valence-corrected chi connectivity index (χ4v) is 6.52. The Labute approximate surface area is 171 Å². The summed E-state index contributed by atoms with van der Waals surface area (Å²) >= 11 is 1.35. The first-order valence-corrected chi connectivity index (χ1v) is 10.5. The number of allylic oxidation sites excluding steroid dienone is 2. The van der Waals surface area contributed by atoms with E-state index in [0.717, 1.165) is 22.4 Å². The molecule has 5 rings (SSSR count). The molecule has 4 N–H and O–H groups in total. The molecule has 0 saturated heterocycles. The Balaban J connectivity index is 1.52. The van der Waals surface area contributed by atoms with Crippen molar-refractivity contribution in [1.82, 2.24) is 0 Å². The van der Waals surface area contributed by atoms with E-state index in [0.29, 0.717) is 23.4 Å². The van der Waals surface area contributed by atoms with Gasteiger partial charge in [-0.1, -0.05) is 36.4 Å². The first-order valence-electron chi connectivity index (χ1n) is 9.71. The monoisotopic (exact) mass is 408 g/mol. The number of rotatable bonds is 4. The van der Waals surface area contributed by atoms with Crippen molar-refractivity contribution in [2.45, 2.75) is 19.3 Å².